The van der Waals surface area contributed by atoms with Crippen molar-refractivity contribution in [1.29, 1.82) is 0 Å². The van der Waals surface area contributed by atoms with Crippen molar-refractivity contribution in [3.05, 3.63) is 53.9 Å². The summed E-state index contributed by atoms with van der Waals surface area (Å²) in [4.78, 5) is 21.3. The molecule has 0 saturated carbocycles. The van der Waals surface area contributed by atoms with Crippen LogP contribution in [0.1, 0.15) is 31.0 Å². The summed E-state index contributed by atoms with van der Waals surface area (Å²) in [7, 11) is -3.82. The van der Waals surface area contributed by atoms with Crippen LogP contribution in [-0.4, -0.2) is 47.3 Å². The average molecular weight is 435 g/mol. The predicted octanol–water partition coefficient (Wildman–Crippen LogP) is 2.41. The Kier molecular flexibility index (Phi) is 6.18. The van der Waals surface area contributed by atoms with E-state index in [1.165, 1.54) is 12.4 Å². The van der Waals surface area contributed by atoms with E-state index in [0.29, 0.717) is 17.8 Å². The lowest BCUT2D eigenvalue weighted by molar-refractivity contribution is -0.132. The third-order valence-corrected chi connectivity index (χ3v) is 7.24. The van der Waals surface area contributed by atoms with Gasteiger partial charge in [0.15, 0.2) is 14.6 Å². The minimum absolute atomic E-state index is 0.160. The molecular formula is C20H22FN3O5S. The van der Waals surface area contributed by atoms with E-state index in [9.17, 15) is 17.6 Å². The van der Waals surface area contributed by atoms with Gasteiger partial charge in [0.2, 0.25) is 0 Å². The molecule has 2 aromatic rings. The monoisotopic (exact) mass is 435 g/mol. The largest absolute Gasteiger partial charge is 0.392 e. The van der Waals surface area contributed by atoms with Crippen LogP contribution in [0.3, 0.4) is 0 Å². The number of carbonyl (C=O) groups is 1. The number of benzene rings is 1. The maximum Gasteiger partial charge on any atom is 0.264 e. The molecule has 160 valence electrons. The number of halogens is 1. The number of alkyl halides is 1. The second kappa shape index (κ2) is 8.49. The van der Waals surface area contributed by atoms with Gasteiger partial charge in [0, 0.05) is 25.3 Å². The minimum Gasteiger partial charge on any atom is -0.392 e. The molecule has 0 spiro atoms. The Morgan fingerprint density at radius 3 is 2.53 bits per heavy atom. The molecule has 10 heteroatoms. The zero-order valence-electron chi connectivity index (χ0n) is 16.5. The molecule has 2 atom stereocenters. The molecule has 0 aliphatic carbocycles. The van der Waals surface area contributed by atoms with E-state index in [4.69, 9.17) is 10.0 Å². The van der Waals surface area contributed by atoms with Crippen LogP contribution in [0, 0.1) is 0 Å². The number of hydrogen-bond donors (Lipinski definition) is 2. The van der Waals surface area contributed by atoms with Gasteiger partial charge >= 0.3 is 0 Å². The molecule has 30 heavy (non-hydrogen) atoms. The standard InChI is InChI=1S/C20H22FN3O5S/c1-20(19(25)23-26,30(2,27)28)11-17-10-18(24-29-17)14-5-3-13(4-6-14)15-7-8-22-16(9-15)12-21/h3-9,17,26H,10-12H2,1-2H3,(H,23,25)/t17-,20-/m1/s1. The Morgan fingerprint density at radius 1 is 1.27 bits per heavy atom. The number of aromatic nitrogens is 1. The summed E-state index contributed by atoms with van der Waals surface area (Å²) in [5.74, 6) is -1.02. The van der Waals surface area contributed by atoms with Crippen LogP contribution >= 0.6 is 0 Å². The van der Waals surface area contributed by atoms with Crippen molar-refractivity contribution in [2.24, 2.45) is 5.16 Å². The molecule has 3 rings (SSSR count). The van der Waals surface area contributed by atoms with Gasteiger partial charge in [0.1, 0.15) is 12.8 Å². The van der Waals surface area contributed by atoms with E-state index in [1.54, 1.807) is 18.3 Å². The van der Waals surface area contributed by atoms with Crippen molar-refractivity contribution >= 4 is 21.5 Å². The molecule has 0 radical (unpaired) electrons. The normalized spacial score (nSPS) is 18.3. The van der Waals surface area contributed by atoms with Gasteiger partial charge in [0.05, 0.1) is 11.4 Å². The van der Waals surface area contributed by atoms with Gasteiger partial charge in [-0.05, 0) is 35.7 Å². The Labute approximate surface area is 173 Å². The van der Waals surface area contributed by atoms with Crippen LogP contribution < -0.4 is 5.48 Å². The van der Waals surface area contributed by atoms with Crippen molar-refractivity contribution < 1.29 is 27.6 Å². The van der Waals surface area contributed by atoms with Gasteiger partial charge < -0.3 is 4.84 Å². The third kappa shape index (κ3) is 4.34. The molecule has 1 aromatic heterocycles. The van der Waals surface area contributed by atoms with Crippen LogP contribution in [0.25, 0.3) is 11.1 Å². The fourth-order valence-corrected chi connectivity index (χ4v) is 4.13. The molecule has 0 saturated heterocycles. The summed E-state index contributed by atoms with van der Waals surface area (Å²) in [6.45, 7) is 0.604. The van der Waals surface area contributed by atoms with Crippen LogP contribution in [0.5, 0.6) is 0 Å². The van der Waals surface area contributed by atoms with Gasteiger partial charge in [-0.1, -0.05) is 29.4 Å². The maximum absolute atomic E-state index is 12.8. The Bertz CT molecular complexity index is 1070. The van der Waals surface area contributed by atoms with Crippen molar-refractivity contribution in [1.82, 2.24) is 10.5 Å². The first-order valence-electron chi connectivity index (χ1n) is 9.16. The molecule has 8 nitrogen and oxygen atoms in total. The Hall–Kier alpha value is -2.85. The number of pyridine rings is 1. The van der Waals surface area contributed by atoms with Crippen LogP contribution in [0.15, 0.2) is 47.8 Å². The maximum atomic E-state index is 12.8. The summed E-state index contributed by atoms with van der Waals surface area (Å²) in [6.07, 6.45) is 2.00. The lowest BCUT2D eigenvalue weighted by Crippen LogP contribution is -2.51. The quantitative estimate of drug-likeness (QED) is 0.509. The molecule has 2 N–H and O–H groups in total. The smallest absolute Gasteiger partial charge is 0.264 e. The Morgan fingerprint density at radius 2 is 1.93 bits per heavy atom. The summed E-state index contributed by atoms with van der Waals surface area (Å²) in [6, 6.07) is 10.9. The molecule has 0 fully saturated rings. The van der Waals surface area contributed by atoms with E-state index in [1.807, 2.05) is 24.3 Å². The lowest BCUT2D eigenvalue weighted by atomic mass is 9.95. The molecule has 1 aliphatic heterocycles. The molecule has 1 amide bonds. The lowest BCUT2D eigenvalue weighted by Gasteiger charge is -2.26. The Balaban J connectivity index is 1.73. The second-order valence-corrected chi connectivity index (χ2v) is 9.81. The first-order chi connectivity index (χ1) is 14.2. The minimum atomic E-state index is -3.82. The van der Waals surface area contributed by atoms with E-state index in [0.717, 1.165) is 22.9 Å². The molecule has 0 bridgehead atoms. The summed E-state index contributed by atoms with van der Waals surface area (Å²) in [5.41, 5.74) is 4.90. The van der Waals surface area contributed by atoms with Gasteiger partial charge in [-0.25, -0.2) is 18.3 Å². The van der Waals surface area contributed by atoms with Crippen LogP contribution in [-0.2, 0) is 26.1 Å². The van der Waals surface area contributed by atoms with E-state index in [2.05, 4.69) is 10.1 Å². The first-order valence-corrected chi connectivity index (χ1v) is 11.1. The molecule has 0 unspecified atom stereocenters. The van der Waals surface area contributed by atoms with Crippen LogP contribution in [0.2, 0.25) is 0 Å². The van der Waals surface area contributed by atoms with Gasteiger partial charge in [-0.3, -0.25) is 15.0 Å². The molecule has 1 aromatic carbocycles. The highest BCUT2D eigenvalue weighted by Crippen LogP contribution is 2.30. The number of oxime groups is 1. The SMILES string of the molecule is C[C@@](C[C@H]1CC(c2ccc(-c3ccnc(CF)c3)cc2)=NO1)(C(=O)NO)S(C)(=O)=O. The van der Waals surface area contributed by atoms with Gasteiger partial charge in [-0.2, -0.15) is 0 Å². The molecule has 1 aliphatic rings. The first kappa shape index (κ1) is 21.8. The van der Waals surface area contributed by atoms with E-state index < -0.39 is 33.3 Å². The fraction of sp³-hybridized carbons (Fsp3) is 0.350. The topological polar surface area (TPSA) is 118 Å². The average Bonchev–Trinajstić information content (AvgIpc) is 3.20. The molecular weight excluding hydrogens is 413 g/mol. The predicted molar refractivity (Wildman–Crippen MR) is 108 cm³/mol. The molecule has 2 heterocycles. The van der Waals surface area contributed by atoms with Crippen molar-refractivity contribution in [2.45, 2.75) is 37.3 Å². The van der Waals surface area contributed by atoms with Crippen LogP contribution in [0.4, 0.5) is 4.39 Å². The summed E-state index contributed by atoms with van der Waals surface area (Å²) in [5, 5.41) is 13.0. The highest BCUT2D eigenvalue weighted by Gasteiger charge is 2.47. The second-order valence-electron chi connectivity index (χ2n) is 7.36. The van der Waals surface area contributed by atoms with Crippen molar-refractivity contribution in [2.75, 3.05) is 6.26 Å². The number of carbonyl (C=O) groups excluding carboxylic acids is 1. The van der Waals surface area contributed by atoms with Crippen molar-refractivity contribution in [3.63, 3.8) is 0 Å². The van der Waals surface area contributed by atoms with Gasteiger partial charge in [-0.15, -0.1) is 0 Å². The van der Waals surface area contributed by atoms with E-state index >= 15 is 0 Å². The number of hydroxylamine groups is 1. The number of sulfone groups is 1. The fourth-order valence-electron chi connectivity index (χ4n) is 3.26. The number of rotatable bonds is 7. The van der Waals surface area contributed by atoms with E-state index in [-0.39, 0.29) is 6.42 Å². The third-order valence-electron chi connectivity index (χ3n) is 5.26. The van der Waals surface area contributed by atoms with Crippen molar-refractivity contribution in [3.8, 4) is 11.1 Å². The summed E-state index contributed by atoms with van der Waals surface area (Å²) < 4.78 is 35.2. The number of hydrogen-bond acceptors (Lipinski definition) is 7. The number of nitrogens with one attached hydrogen (secondary N) is 1. The zero-order chi connectivity index (χ0) is 21.9. The summed E-state index contributed by atoms with van der Waals surface area (Å²) >= 11 is 0. The highest BCUT2D eigenvalue weighted by atomic mass is 32.2. The van der Waals surface area contributed by atoms with Gasteiger partial charge in [0.25, 0.3) is 5.91 Å². The zero-order valence-corrected chi connectivity index (χ0v) is 17.3. The number of nitrogens with zero attached hydrogens (tertiary/aromatic N) is 2. The number of amides is 1. The highest BCUT2D eigenvalue weighted by molar-refractivity contribution is 7.92.